The summed E-state index contributed by atoms with van der Waals surface area (Å²) in [6.07, 6.45) is 0.416. The maximum Gasteiger partial charge on any atom is 0.299 e. The molecule has 1 aromatic heterocycles. The van der Waals surface area contributed by atoms with E-state index in [1.165, 1.54) is 18.0 Å². The van der Waals surface area contributed by atoms with Gasteiger partial charge in [0.05, 0.1) is 13.3 Å². The standard InChI is InChI=1S/C19H17BrF2N4O2S/c1-27-16-8-3-12(9-13(16)11-28-15-6-4-14(20)5-7-15)10-23-26-18(17(21)22)24-25-19(26)29-2/h3-10,17H,11H2,1-2H3/b23-10-. The van der Waals surface area contributed by atoms with Gasteiger partial charge in [0, 0.05) is 10.0 Å². The van der Waals surface area contributed by atoms with Crippen molar-refractivity contribution >= 4 is 33.9 Å². The van der Waals surface area contributed by atoms with E-state index in [1.807, 2.05) is 30.3 Å². The molecule has 0 aliphatic heterocycles. The van der Waals surface area contributed by atoms with E-state index in [1.54, 1.807) is 25.5 Å². The van der Waals surface area contributed by atoms with E-state index in [2.05, 4.69) is 31.2 Å². The molecule has 0 N–H and O–H groups in total. The number of benzene rings is 2. The number of methoxy groups -OCH3 is 1. The molecule has 152 valence electrons. The van der Waals surface area contributed by atoms with Crippen LogP contribution in [0.25, 0.3) is 0 Å². The minimum atomic E-state index is -2.77. The molecule has 0 saturated carbocycles. The Morgan fingerprint density at radius 3 is 2.62 bits per heavy atom. The lowest BCUT2D eigenvalue weighted by molar-refractivity contribution is 0.135. The van der Waals surface area contributed by atoms with Crippen molar-refractivity contribution in [3.05, 3.63) is 63.9 Å². The van der Waals surface area contributed by atoms with Crippen molar-refractivity contribution in [2.24, 2.45) is 5.10 Å². The Morgan fingerprint density at radius 2 is 1.97 bits per heavy atom. The lowest BCUT2D eigenvalue weighted by Gasteiger charge is -2.11. The number of halogens is 3. The van der Waals surface area contributed by atoms with Crippen LogP contribution in [0.15, 0.2) is 57.2 Å². The maximum absolute atomic E-state index is 13.1. The van der Waals surface area contributed by atoms with Gasteiger partial charge in [0.15, 0.2) is 0 Å². The monoisotopic (exact) mass is 482 g/mol. The van der Waals surface area contributed by atoms with Crippen molar-refractivity contribution in [3.8, 4) is 11.5 Å². The van der Waals surface area contributed by atoms with Crippen LogP contribution in [0.1, 0.15) is 23.4 Å². The number of hydrogen-bond donors (Lipinski definition) is 0. The molecule has 1 heterocycles. The Morgan fingerprint density at radius 1 is 1.21 bits per heavy atom. The third kappa shape index (κ3) is 5.33. The number of nitrogens with zero attached hydrogens (tertiary/aromatic N) is 4. The van der Waals surface area contributed by atoms with Gasteiger partial charge in [0.25, 0.3) is 6.43 Å². The molecule has 0 amide bonds. The molecule has 10 heteroatoms. The molecule has 3 rings (SSSR count). The molecular weight excluding hydrogens is 466 g/mol. The van der Waals surface area contributed by atoms with Gasteiger partial charge >= 0.3 is 0 Å². The van der Waals surface area contributed by atoms with Crippen LogP contribution in [-0.2, 0) is 6.61 Å². The number of hydrogen-bond acceptors (Lipinski definition) is 6. The van der Waals surface area contributed by atoms with E-state index in [-0.39, 0.29) is 11.8 Å². The minimum Gasteiger partial charge on any atom is -0.496 e. The Labute approximate surface area is 179 Å². The highest BCUT2D eigenvalue weighted by atomic mass is 79.9. The fourth-order valence-electron chi connectivity index (χ4n) is 2.46. The number of ether oxygens (including phenoxy) is 2. The summed E-state index contributed by atoms with van der Waals surface area (Å²) in [6.45, 7) is 0.275. The van der Waals surface area contributed by atoms with Crippen LogP contribution in [0.2, 0.25) is 0 Å². The van der Waals surface area contributed by atoms with Crippen LogP contribution < -0.4 is 9.47 Å². The number of thioether (sulfide) groups is 1. The van der Waals surface area contributed by atoms with Crippen molar-refractivity contribution in [2.45, 2.75) is 18.2 Å². The predicted molar refractivity (Wildman–Crippen MR) is 111 cm³/mol. The fraction of sp³-hybridized carbons (Fsp3) is 0.211. The van der Waals surface area contributed by atoms with Gasteiger partial charge in [-0.2, -0.15) is 9.78 Å². The second kappa shape index (κ2) is 9.84. The highest BCUT2D eigenvalue weighted by Gasteiger charge is 2.19. The Hall–Kier alpha value is -2.46. The van der Waals surface area contributed by atoms with Crippen molar-refractivity contribution in [3.63, 3.8) is 0 Å². The van der Waals surface area contributed by atoms with Crippen LogP contribution in [0.3, 0.4) is 0 Å². The van der Waals surface area contributed by atoms with Crippen molar-refractivity contribution in [1.82, 2.24) is 14.9 Å². The first-order valence-electron chi connectivity index (χ1n) is 8.39. The number of alkyl halides is 2. The van der Waals surface area contributed by atoms with Crippen LogP contribution in [0.5, 0.6) is 11.5 Å². The zero-order valence-corrected chi connectivity index (χ0v) is 18.0. The quantitative estimate of drug-likeness (QED) is 0.327. The molecule has 0 bridgehead atoms. The summed E-state index contributed by atoms with van der Waals surface area (Å²) in [7, 11) is 1.57. The van der Waals surface area contributed by atoms with Crippen LogP contribution in [0, 0.1) is 0 Å². The number of aromatic nitrogens is 3. The second-order valence-electron chi connectivity index (χ2n) is 5.72. The van der Waals surface area contributed by atoms with Gasteiger partial charge in [-0.15, -0.1) is 10.2 Å². The zero-order chi connectivity index (χ0) is 20.8. The SMILES string of the molecule is COc1ccc(/C=N\n2c(SC)nnc2C(F)F)cc1COc1ccc(Br)cc1. The van der Waals surface area contributed by atoms with E-state index in [4.69, 9.17) is 9.47 Å². The van der Waals surface area contributed by atoms with E-state index in [9.17, 15) is 8.78 Å². The van der Waals surface area contributed by atoms with Crippen LogP contribution in [-0.4, -0.2) is 34.5 Å². The molecular formula is C19H17BrF2N4O2S. The first-order chi connectivity index (χ1) is 14.0. The first kappa shape index (κ1) is 21.3. The van der Waals surface area contributed by atoms with E-state index in [0.29, 0.717) is 17.1 Å². The van der Waals surface area contributed by atoms with E-state index < -0.39 is 12.2 Å². The van der Waals surface area contributed by atoms with Gasteiger partial charge in [-0.1, -0.05) is 27.7 Å². The molecule has 29 heavy (non-hydrogen) atoms. The average molecular weight is 483 g/mol. The second-order valence-corrected chi connectivity index (χ2v) is 7.40. The molecule has 0 radical (unpaired) electrons. The molecule has 0 aliphatic rings. The summed E-state index contributed by atoms with van der Waals surface area (Å²) >= 11 is 4.57. The lowest BCUT2D eigenvalue weighted by atomic mass is 10.1. The van der Waals surface area contributed by atoms with Gasteiger partial charge in [0.2, 0.25) is 11.0 Å². The van der Waals surface area contributed by atoms with Gasteiger partial charge < -0.3 is 9.47 Å². The molecule has 3 aromatic rings. The number of rotatable bonds is 8. The molecule has 0 atom stereocenters. The molecule has 0 fully saturated rings. The van der Waals surface area contributed by atoms with Crippen molar-refractivity contribution in [2.75, 3.05) is 13.4 Å². The lowest BCUT2D eigenvalue weighted by Crippen LogP contribution is -2.02. The summed E-state index contributed by atoms with van der Waals surface area (Å²) in [4.78, 5) is 0. The van der Waals surface area contributed by atoms with Crippen molar-refractivity contribution < 1.29 is 18.3 Å². The summed E-state index contributed by atoms with van der Waals surface area (Å²) in [6, 6.07) is 12.9. The highest BCUT2D eigenvalue weighted by molar-refractivity contribution is 9.10. The van der Waals surface area contributed by atoms with E-state index in [0.717, 1.165) is 14.7 Å². The minimum absolute atomic E-state index is 0.275. The van der Waals surface area contributed by atoms with Gasteiger partial charge in [-0.05, 0) is 54.3 Å². The predicted octanol–water partition coefficient (Wildman–Crippen LogP) is 5.17. The van der Waals surface area contributed by atoms with Gasteiger partial charge in [-0.25, -0.2) is 8.78 Å². The summed E-state index contributed by atoms with van der Waals surface area (Å²) in [5.41, 5.74) is 1.49. The Balaban J connectivity index is 1.82. The topological polar surface area (TPSA) is 61.5 Å². The molecule has 0 spiro atoms. The molecule has 0 aliphatic carbocycles. The third-order valence-corrected chi connectivity index (χ3v) is 5.00. The summed E-state index contributed by atoms with van der Waals surface area (Å²) in [5.74, 6) is 0.865. The average Bonchev–Trinajstić information content (AvgIpc) is 3.15. The fourth-order valence-corrected chi connectivity index (χ4v) is 3.16. The molecule has 6 nitrogen and oxygen atoms in total. The van der Waals surface area contributed by atoms with Crippen LogP contribution >= 0.6 is 27.7 Å². The molecule has 2 aromatic carbocycles. The van der Waals surface area contributed by atoms with Crippen molar-refractivity contribution in [1.29, 1.82) is 0 Å². The smallest absolute Gasteiger partial charge is 0.299 e. The third-order valence-electron chi connectivity index (χ3n) is 3.85. The maximum atomic E-state index is 13.1. The van der Waals surface area contributed by atoms with Gasteiger partial charge in [0.1, 0.15) is 18.1 Å². The highest BCUT2D eigenvalue weighted by Crippen LogP contribution is 2.24. The Kier molecular flexibility index (Phi) is 7.21. The van der Waals surface area contributed by atoms with Crippen LogP contribution in [0.4, 0.5) is 8.78 Å². The zero-order valence-electron chi connectivity index (χ0n) is 15.6. The molecule has 0 saturated heterocycles. The summed E-state index contributed by atoms with van der Waals surface area (Å²) < 4.78 is 39.4. The van der Waals surface area contributed by atoms with E-state index >= 15 is 0 Å². The Bertz CT molecular complexity index is 996. The summed E-state index contributed by atoms with van der Waals surface area (Å²) in [5, 5.41) is 11.6. The molecule has 0 unspecified atom stereocenters. The first-order valence-corrected chi connectivity index (χ1v) is 10.4. The normalized spacial score (nSPS) is 11.4. The van der Waals surface area contributed by atoms with Gasteiger partial charge in [-0.3, -0.25) is 0 Å². The largest absolute Gasteiger partial charge is 0.496 e.